The summed E-state index contributed by atoms with van der Waals surface area (Å²) in [4.78, 5) is 15.8. The topological polar surface area (TPSA) is 61.0 Å². The predicted octanol–water partition coefficient (Wildman–Crippen LogP) is 1.31. The second-order valence-electron chi connectivity index (χ2n) is 5.46. The van der Waals surface area contributed by atoms with E-state index in [2.05, 4.69) is 38.5 Å². The fourth-order valence-electron chi connectivity index (χ4n) is 2.65. The van der Waals surface area contributed by atoms with E-state index < -0.39 is 0 Å². The molecule has 0 saturated carbocycles. The third-order valence-corrected chi connectivity index (χ3v) is 4.80. The van der Waals surface area contributed by atoms with Gasteiger partial charge in [0.2, 0.25) is 0 Å². The molecule has 0 aliphatic carbocycles. The summed E-state index contributed by atoms with van der Waals surface area (Å²) < 4.78 is 0. The number of aromatic nitrogens is 1. The Kier molecular flexibility index (Phi) is 6.92. The number of hydrogen-bond acceptors (Lipinski definition) is 5. The molecular weight excluding hydrogens is 296 g/mol. The molecule has 1 fully saturated rings. The summed E-state index contributed by atoms with van der Waals surface area (Å²) in [5, 5.41) is 3.13. The number of thiazole rings is 1. The van der Waals surface area contributed by atoms with E-state index in [0.29, 0.717) is 5.96 Å². The van der Waals surface area contributed by atoms with Gasteiger partial charge < -0.3 is 20.4 Å². The number of hydrogen-bond donors (Lipinski definition) is 1. The van der Waals surface area contributed by atoms with Gasteiger partial charge in [0.15, 0.2) is 11.1 Å². The summed E-state index contributed by atoms with van der Waals surface area (Å²) in [5.74, 6) is 0.686. The zero-order chi connectivity index (χ0) is 15.8. The van der Waals surface area contributed by atoms with Crippen LogP contribution in [0.4, 0.5) is 5.13 Å². The minimum Gasteiger partial charge on any atom is -0.370 e. The molecule has 1 aromatic rings. The Hall–Kier alpha value is -1.34. The van der Waals surface area contributed by atoms with Gasteiger partial charge in [-0.3, -0.25) is 4.99 Å². The first kappa shape index (κ1) is 17.0. The minimum atomic E-state index is 0.686. The number of piperazine rings is 1. The fourth-order valence-corrected chi connectivity index (χ4v) is 3.35. The average molecular weight is 324 g/mol. The molecule has 2 heterocycles. The largest absolute Gasteiger partial charge is 0.370 e. The van der Waals surface area contributed by atoms with Crippen molar-refractivity contribution in [3.63, 3.8) is 0 Å². The molecule has 1 aliphatic heterocycles. The maximum absolute atomic E-state index is 6.14. The summed E-state index contributed by atoms with van der Waals surface area (Å²) in [6, 6.07) is 0. The third kappa shape index (κ3) is 4.84. The normalized spacial score (nSPS) is 16.6. The monoisotopic (exact) mass is 324 g/mol. The molecule has 124 valence electrons. The Morgan fingerprint density at radius 2 is 2.09 bits per heavy atom. The molecule has 0 bridgehead atoms. The highest BCUT2D eigenvalue weighted by Gasteiger charge is 2.19. The van der Waals surface area contributed by atoms with Crippen LogP contribution in [0.25, 0.3) is 0 Å². The smallest absolute Gasteiger partial charge is 0.191 e. The average Bonchev–Trinajstić information content (AvgIpc) is 3.08. The highest BCUT2D eigenvalue weighted by Crippen LogP contribution is 2.18. The Bertz CT molecular complexity index is 439. The van der Waals surface area contributed by atoms with E-state index >= 15 is 0 Å². The Morgan fingerprint density at radius 3 is 2.68 bits per heavy atom. The molecule has 1 aromatic heterocycles. The molecule has 0 aromatic carbocycles. The van der Waals surface area contributed by atoms with Crippen LogP contribution in [-0.4, -0.2) is 73.1 Å². The maximum Gasteiger partial charge on any atom is 0.191 e. The van der Waals surface area contributed by atoms with E-state index in [1.165, 1.54) is 6.42 Å². The standard InChI is InChI=1S/C15H28N6S/c1-3-7-19(4-2)8-5-17-14(16)20-9-11-21(12-10-20)15-18-6-13-22-15/h6,13H,3-5,7-12H2,1-2H3,(H2,16,17). The number of nitrogens with two attached hydrogens (primary N) is 1. The quantitative estimate of drug-likeness (QED) is 0.605. The van der Waals surface area contributed by atoms with E-state index in [9.17, 15) is 0 Å². The van der Waals surface area contributed by atoms with Gasteiger partial charge in [-0.2, -0.15) is 0 Å². The van der Waals surface area contributed by atoms with E-state index in [0.717, 1.165) is 57.5 Å². The van der Waals surface area contributed by atoms with Crippen molar-refractivity contribution in [3.05, 3.63) is 11.6 Å². The molecule has 0 atom stereocenters. The Labute approximate surface area is 137 Å². The molecule has 0 spiro atoms. The van der Waals surface area contributed by atoms with Crippen molar-refractivity contribution >= 4 is 22.4 Å². The van der Waals surface area contributed by atoms with E-state index in [1.54, 1.807) is 11.3 Å². The molecule has 1 saturated heterocycles. The van der Waals surface area contributed by atoms with Crippen molar-refractivity contribution in [2.45, 2.75) is 20.3 Å². The van der Waals surface area contributed by atoms with Gasteiger partial charge in [0.05, 0.1) is 6.54 Å². The van der Waals surface area contributed by atoms with E-state index in [1.807, 2.05) is 11.6 Å². The van der Waals surface area contributed by atoms with Gasteiger partial charge in [0, 0.05) is 44.3 Å². The molecule has 7 heteroatoms. The van der Waals surface area contributed by atoms with Crippen LogP contribution >= 0.6 is 11.3 Å². The second-order valence-corrected chi connectivity index (χ2v) is 6.34. The number of anilines is 1. The Morgan fingerprint density at radius 1 is 1.32 bits per heavy atom. The van der Waals surface area contributed by atoms with Crippen molar-refractivity contribution < 1.29 is 0 Å². The van der Waals surface area contributed by atoms with Gasteiger partial charge in [-0.05, 0) is 19.5 Å². The van der Waals surface area contributed by atoms with Gasteiger partial charge in [0.25, 0.3) is 0 Å². The number of nitrogens with zero attached hydrogens (tertiary/aromatic N) is 5. The zero-order valence-corrected chi connectivity index (χ0v) is 14.6. The van der Waals surface area contributed by atoms with Crippen LogP contribution in [0.1, 0.15) is 20.3 Å². The molecule has 1 aliphatic rings. The molecule has 0 unspecified atom stereocenters. The fraction of sp³-hybridized carbons (Fsp3) is 0.733. The maximum atomic E-state index is 6.14. The van der Waals surface area contributed by atoms with E-state index in [4.69, 9.17) is 5.73 Å². The van der Waals surface area contributed by atoms with Gasteiger partial charge >= 0.3 is 0 Å². The van der Waals surface area contributed by atoms with Crippen LogP contribution in [0.5, 0.6) is 0 Å². The van der Waals surface area contributed by atoms with Crippen LogP contribution in [-0.2, 0) is 0 Å². The van der Waals surface area contributed by atoms with Crippen LogP contribution in [0.2, 0.25) is 0 Å². The second kappa shape index (κ2) is 8.95. The first-order valence-electron chi connectivity index (χ1n) is 8.16. The molecule has 6 nitrogen and oxygen atoms in total. The highest BCUT2D eigenvalue weighted by molar-refractivity contribution is 7.13. The SMILES string of the molecule is CCCN(CC)CCN=C(N)N1CCN(c2nccs2)CC1. The van der Waals surface area contributed by atoms with E-state index in [-0.39, 0.29) is 0 Å². The summed E-state index contributed by atoms with van der Waals surface area (Å²) in [6.45, 7) is 12.2. The van der Waals surface area contributed by atoms with Crippen molar-refractivity contribution in [2.24, 2.45) is 10.7 Å². The number of rotatable bonds is 7. The number of likely N-dealkylation sites (N-methyl/N-ethyl adjacent to an activating group) is 1. The number of aliphatic imine (C=N–C) groups is 1. The lowest BCUT2D eigenvalue weighted by Crippen LogP contribution is -2.51. The Balaban J connectivity index is 1.74. The van der Waals surface area contributed by atoms with Gasteiger partial charge in [-0.15, -0.1) is 11.3 Å². The summed E-state index contributed by atoms with van der Waals surface area (Å²) >= 11 is 1.69. The van der Waals surface area contributed by atoms with Crippen LogP contribution in [0, 0.1) is 0 Å². The van der Waals surface area contributed by atoms with Gasteiger partial charge in [-0.25, -0.2) is 4.98 Å². The highest BCUT2D eigenvalue weighted by atomic mass is 32.1. The first-order chi connectivity index (χ1) is 10.7. The third-order valence-electron chi connectivity index (χ3n) is 3.97. The molecule has 22 heavy (non-hydrogen) atoms. The zero-order valence-electron chi connectivity index (χ0n) is 13.7. The molecular formula is C15H28N6S. The summed E-state index contributed by atoms with van der Waals surface area (Å²) in [7, 11) is 0. The number of guanidine groups is 1. The first-order valence-corrected chi connectivity index (χ1v) is 9.04. The minimum absolute atomic E-state index is 0.686. The lowest BCUT2D eigenvalue weighted by Gasteiger charge is -2.35. The van der Waals surface area contributed by atoms with Crippen LogP contribution in [0.3, 0.4) is 0 Å². The van der Waals surface area contributed by atoms with Gasteiger partial charge in [0.1, 0.15) is 0 Å². The van der Waals surface area contributed by atoms with Crippen molar-refractivity contribution in [3.8, 4) is 0 Å². The van der Waals surface area contributed by atoms with Crippen molar-refractivity contribution in [2.75, 3.05) is 57.3 Å². The summed E-state index contributed by atoms with van der Waals surface area (Å²) in [5.41, 5.74) is 6.14. The molecule has 2 rings (SSSR count). The lowest BCUT2D eigenvalue weighted by molar-refractivity contribution is 0.296. The van der Waals surface area contributed by atoms with Crippen molar-refractivity contribution in [1.82, 2.24) is 14.8 Å². The van der Waals surface area contributed by atoms with Gasteiger partial charge in [-0.1, -0.05) is 13.8 Å². The lowest BCUT2D eigenvalue weighted by atomic mass is 10.3. The van der Waals surface area contributed by atoms with Crippen LogP contribution in [0.15, 0.2) is 16.6 Å². The molecule has 0 amide bonds. The molecule has 2 N–H and O–H groups in total. The summed E-state index contributed by atoms with van der Waals surface area (Å²) in [6.07, 6.45) is 3.05. The van der Waals surface area contributed by atoms with Crippen molar-refractivity contribution in [1.29, 1.82) is 0 Å². The predicted molar refractivity (Wildman–Crippen MR) is 94.8 cm³/mol. The van der Waals surface area contributed by atoms with Crippen LogP contribution < -0.4 is 10.6 Å². The molecule has 0 radical (unpaired) electrons.